The second kappa shape index (κ2) is 6.80. The van der Waals surface area contributed by atoms with E-state index in [1.807, 2.05) is 6.07 Å². The molecule has 128 valence electrons. The molecule has 2 N–H and O–H groups in total. The van der Waals surface area contributed by atoms with Crippen LogP contribution in [0.1, 0.15) is 12.5 Å². The largest absolute Gasteiger partial charge is 0.454 e. The Balaban J connectivity index is 1.57. The van der Waals surface area contributed by atoms with Gasteiger partial charge < -0.3 is 14.8 Å². The number of nitrogens with one attached hydrogen (secondary N) is 2. The molecule has 2 aromatic rings. The lowest BCUT2D eigenvalue weighted by molar-refractivity contribution is -0.122. The van der Waals surface area contributed by atoms with E-state index in [-0.39, 0.29) is 17.5 Å². The summed E-state index contributed by atoms with van der Waals surface area (Å²) in [6.07, 6.45) is 0. The number of rotatable bonds is 6. The first-order chi connectivity index (χ1) is 11.5. The second-order valence-electron chi connectivity index (χ2n) is 5.18. The van der Waals surface area contributed by atoms with Crippen molar-refractivity contribution in [3.63, 3.8) is 0 Å². The minimum absolute atomic E-state index is 0.179. The molecular weight excluding hydrogens is 352 g/mol. The van der Waals surface area contributed by atoms with E-state index in [1.165, 1.54) is 13.0 Å². The Morgan fingerprint density at radius 1 is 1.29 bits per heavy atom. The van der Waals surface area contributed by atoms with Gasteiger partial charge in [0.15, 0.2) is 11.5 Å². The number of hydrogen-bond donors (Lipinski definition) is 2. The third-order valence-electron chi connectivity index (χ3n) is 3.39. The van der Waals surface area contributed by atoms with Crippen LogP contribution in [0.15, 0.2) is 39.9 Å². The molecule has 0 spiro atoms. The number of amides is 1. The van der Waals surface area contributed by atoms with E-state index >= 15 is 0 Å². The monoisotopic (exact) mass is 368 g/mol. The van der Waals surface area contributed by atoms with Gasteiger partial charge in [0.2, 0.25) is 12.7 Å². The van der Waals surface area contributed by atoms with Gasteiger partial charge >= 0.3 is 0 Å². The van der Waals surface area contributed by atoms with Gasteiger partial charge in [-0.1, -0.05) is 12.1 Å². The van der Waals surface area contributed by atoms with Crippen LogP contribution in [0.2, 0.25) is 0 Å². The number of sulfonamides is 1. The molecule has 0 saturated heterocycles. The zero-order chi connectivity index (χ0) is 17.2. The molecule has 3 rings (SSSR count). The summed E-state index contributed by atoms with van der Waals surface area (Å²) in [5.74, 6) is 0.892. The summed E-state index contributed by atoms with van der Waals surface area (Å²) in [4.78, 5) is 12.1. The first kappa shape index (κ1) is 16.7. The number of thiophene rings is 1. The normalized spacial score (nSPS) is 14.4. The molecule has 1 aliphatic rings. The minimum atomic E-state index is -3.68. The lowest BCUT2D eigenvalue weighted by atomic mass is 10.2. The van der Waals surface area contributed by atoms with Gasteiger partial charge in [-0.2, -0.15) is 4.72 Å². The molecular formula is C15H16N2O5S2. The van der Waals surface area contributed by atoms with Crippen LogP contribution in [0.5, 0.6) is 11.5 Å². The summed E-state index contributed by atoms with van der Waals surface area (Å²) in [6.45, 7) is 1.95. The topological polar surface area (TPSA) is 93.7 Å². The van der Waals surface area contributed by atoms with Gasteiger partial charge in [-0.15, -0.1) is 11.3 Å². The average molecular weight is 368 g/mol. The fourth-order valence-electron chi connectivity index (χ4n) is 2.15. The Labute approximate surface area is 143 Å². The second-order valence-corrected chi connectivity index (χ2v) is 8.07. The number of hydrogen-bond acceptors (Lipinski definition) is 6. The molecule has 0 saturated carbocycles. The highest BCUT2D eigenvalue weighted by molar-refractivity contribution is 7.91. The summed E-state index contributed by atoms with van der Waals surface area (Å²) in [5.41, 5.74) is 0.834. The Kier molecular flexibility index (Phi) is 4.74. The highest BCUT2D eigenvalue weighted by atomic mass is 32.2. The minimum Gasteiger partial charge on any atom is -0.454 e. The van der Waals surface area contributed by atoms with Gasteiger partial charge in [-0.3, -0.25) is 4.79 Å². The van der Waals surface area contributed by atoms with Crippen LogP contribution < -0.4 is 19.5 Å². The van der Waals surface area contributed by atoms with Crippen LogP contribution in [0, 0.1) is 0 Å². The highest BCUT2D eigenvalue weighted by Crippen LogP contribution is 2.32. The van der Waals surface area contributed by atoms with E-state index in [9.17, 15) is 13.2 Å². The average Bonchev–Trinajstić information content (AvgIpc) is 3.22. The van der Waals surface area contributed by atoms with Crippen LogP contribution in [0.3, 0.4) is 0 Å². The van der Waals surface area contributed by atoms with Crippen LogP contribution in [-0.2, 0) is 21.4 Å². The number of carbonyl (C=O) groups excluding carboxylic acids is 1. The molecule has 0 aliphatic carbocycles. The Bertz CT molecular complexity index is 834. The molecule has 1 unspecified atom stereocenters. The number of ether oxygens (including phenoxy) is 2. The van der Waals surface area contributed by atoms with E-state index in [4.69, 9.17) is 9.47 Å². The standard InChI is InChI=1S/C15H16N2O5S2/c1-10(17-24(19,20)14-3-2-6-23-14)15(18)16-8-11-4-5-12-13(7-11)22-9-21-12/h2-7,10,17H,8-9H2,1H3,(H,16,18). The van der Waals surface area contributed by atoms with E-state index in [2.05, 4.69) is 10.0 Å². The van der Waals surface area contributed by atoms with Gasteiger partial charge in [0.1, 0.15) is 4.21 Å². The molecule has 24 heavy (non-hydrogen) atoms. The van der Waals surface area contributed by atoms with Crippen molar-refractivity contribution >= 4 is 27.3 Å². The van der Waals surface area contributed by atoms with E-state index < -0.39 is 22.0 Å². The van der Waals surface area contributed by atoms with Gasteiger partial charge in [0, 0.05) is 6.54 Å². The van der Waals surface area contributed by atoms with Gasteiger partial charge in [0.05, 0.1) is 6.04 Å². The molecule has 0 radical (unpaired) electrons. The fourth-order valence-corrected chi connectivity index (χ4v) is 4.37. The summed E-state index contributed by atoms with van der Waals surface area (Å²) >= 11 is 1.10. The maximum atomic E-state index is 12.1. The smallest absolute Gasteiger partial charge is 0.250 e. The van der Waals surface area contributed by atoms with Crippen molar-refractivity contribution in [1.82, 2.24) is 10.0 Å². The van der Waals surface area contributed by atoms with Crippen molar-refractivity contribution in [2.24, 2.45) is 0 Å². The van der Waals surface area contributed by atoms with Crippen LogP contribution in [-0.4, -0.2) is 27.2 Å². The summed E-state index contributed by atoms with van der Waals surface area (Å²) in [6, 6.07) is 7.61. The SMILES string of the molecule is CC(NS(=O)(=O)c1cccs1)C(=O)NCc1ccc2c(c1)OCO2. The summed E-state index contributed by atoms with van der Waals surface area (Å²) in [7, 11) is -3.68. The fraction of sp³-hybridized carbons (Fsp3) is 0.267. The molecule has 1 aromatic carbocycles. The Morgan fingerprint density at radius 3 is 2.83 bits per heavy atom. The molecule has 1 aliphatic heterocycles. The quantitative estimate of drug-likeness (QED) is 0.805. The number of benzene rings is 1. The molecule has 2 heterocycles. The third-order valence-corrected chi connectivity index (χ3v) is 6.33. The predicted octanol–water partition coefficient (Wildman–Crippen LogP) is 1.46. The van der Waals surface area contributed by atoms with Gasteiger partial charge in [-0.05, 0) is 36.1 Å². The zero-order valence-electron chi connectivity index (χ0n) is 12.8. The lowest BCUT2D eigenvalue weighted by Crippen LogP contribution is -2.44. The highest BCUT2D eigenvalue weighted by Gasteiger charge is 2.22. The summed E-state index contributed by atoms with van der Waals surface area (Å²) in [5, 5.41) is 4.36. The number of carbonyl (C=O) groups is 1. The zero-order valence-corrected chi connectivity index (χ0v) is 14.4. The molecule has 1 aromatic heterocycles. The third kappa shape index (κ3) is 3.69. The van der Waals surface area contributed by atoms with E-state index in [0.29, 0.717) is 11.5 Å². The molecule has 1 amide bonds. The van der Waals surface area contributed by atoms with Crippen molar-refractivity contribution in [2.75, 3.05) is 6.79 Å². The first-order valence-electron chi connectivity index (χ1n) is 7.18. The van der Waals surface area contributed by atoms with Crippen molar-refractivity contribution in [3.05, 3.63) is 41.3 Å². The maximum Gasteiger partial charge on any atom is 0.250 e. The molecule has 1 atom stereocenters. The summed E-state index contributed by atoms with van der Waals surface area (Å²) < 4.78 is 37.2. The van der Waals surface area contributed by atoms with Crippen molar-refractivity contribution in [2.45, 2.75) is 23.7 Å². The molecule has 0 fully saturated rings. The molecule has 7 nitrogen and oxygen atoms in total. The van der Waals surface area contributed by atoms with Crippen LogP contribution >= 0.6 is 11.3 Å². The van der Waals surface area contributed by atoms with Gasteiger partial charge in [-0.25, -0.2) is 8.42 Å². The lowest BCUT2D eigenvalue weighted by Gasteiger charge is -2.14. The van der Waals surface area contributed by atoms with E-state index in [1.54, 1.807) is 23.6 Å². The van der Waals surface area contributed by atoms with E-state index in [0.717, 1.165) is 16.9 Å². The number of fused-ring (bicyclic) bond motifs is 1. The Morgan fingerprint density at radius 2 is 2.08 bits per heavy atom. The maximum absolute atomic E-state index is 12.1. The Hall–Kier alpha value is -2.10. The van der Waals surface area contributed by atoms with Crippen LogP contribution in [0.25, 0.3) is 0 Å². The van der Waals surface area contributed by atoms with Crippen molar-refractivity contribution in [1.29, 1.82) is 0 Å². The molecule has 9 heteroatoms. The first-order valence-corrected chi connectivity index (χ1v) is 9.54. The molecule has 0 bridgehead atoms. The van der Waals surface area contributed by atoms with Crippen molar-refractivity contribution < 1.29 is 22.7 Å². The van der Waals surface area contributed by atoms with Crippen LogP contribution in [0.4, 0.5) is 0 Å². The predicted molar refractivity (Wildman–Crippen MR) is 88.5 cm³/mol. The van der Waals surface area contributed by atoms with Gasteiger partial charge in [0.25, 0.3) is 10.0 Å². The van der Waals surface area contributed by atoms with Crippen molar-refractivity contribution in [3.8, 4) is 11.5 Å².